The maximum Gasteiger partial charge on any atom is 0.138 e. The van der Waals surface area contributed by atoms with Crippen LogP contribution in [0.25, 0.3) is 0 Å². The van der Waals surface area contributed by atoms with Crippen molar-refractivity contribution in [3.63, 3.8) is 0 Å². The summed E-state index contributed by atoms with van der Waals surface area (Å²) >= 11 is 0. The van der Waals surface area contributed by atoms with Crippen LogP contribution in [0, 0.1) is 11.3 Å². The molecule has 1 aromatic heterocycles. The summed E-state index contributed by atoms with van der Waals surface area (Å²) in [6, 6.07) is 0. The standard InChI is InChI=1S/C13H26N4/c1-11(2)9-14-7-6-13(3,4)8-12-15-10-16-17(12)5/h10-11,14H,6-9H2,1-5H3. The van der Waals surface area contributed by atoms with Crippen LogP contribution in [-0.4, -0.2) is 27.9 Å². The minimum atomic E-state index is 0.269. The average molecular weight is 238 g/mol. The fraction of sp³-hybridized carbons (Fsp3) is 0.846. The summed E-state index contributed by atoms with van der Waals surface area (Å²) in [5.74, 6) is 1.79. The normalized spacial score (nSPS) is 12.4. The molecule has 4 heteroatoms. The van der Waals surface area contributed by atoms with Gasteiger partial charge >= 0.3 is 0 Å². The molecule has 0 saturated carbocycles. The van der Waals surface area contributed by atoms with Gasteiger partial charge < -0.3 is 5.32 Å². The summed E-state index contributed by atoms with van der Waals surface area (Å²) < 4.78 is 1.86. The highest BCUT2D eigenvalue weighted by atomic mass is 15.3. The van der Waals surface area contributed by atoms with Crippen LogP contribution < -0.4 is 5.32 Å². The van der Waals surface area contributed by atoms with E-state index < -0.39 is 0 Å². The van der Waals surface area contributed by atoms with Gasteiger partial charge in [0, 0.05) is 13.5 Å². The Morgan fingerprint density at radius 2 is 2.12 bits per heavy atom. The van der Waals surface area contributed by atoms with Gasteiger partial charge in [0.25, 0.3) is 0 Å². The van der Waals surface area contributed by atoms with Crippen molar-refractivity contribution in [3.8, 4) is 0 Å². The van der Waals surface area contributed by atoms with Crippen molar-refractivity contribution in [2.45, 2.75) is 40.5 Å². The molecule has 0 radical (unpaired) electrons. The van der Waals surface area contributed by atoms with Gasteiger partial charge in [-0.3, -0.25) is 4.68 Å². The molecule has 0 aromatic carbocycles. The number of nitrogens with one attached hydrogen (secondary N) is 1. The highest BCUT2D eigenvalue weighted by molar-refractivity contribution is 4.90. The molecule has 1 N–H and O–H groups in total. The molecule has 0 aliphatic heterocycles. The first kappa shape index (κ1) is 14.2. The van der Waals surface area contributed by atoms with Crippen molar-refractivity contribution >= 4 is 0 Å². The van der Waals surface area contributed by atoms with Crippen molar-refractivity contribution < 1.29 is 0 Å². The van der Waals surface area contributed by atoms with Crippen LogP contribution in [0.2, 0.25) is 0 Å². The molecule has 0 aliphatic rings. The molecule has 0 aliphatic carbocycles. The summed E-state index contributed by atoms with van der Waals surface area (Å²) in [6.45, 7) is 11.2. The van der Waals surface area contributed by atoms with Gasteiger partial charge in [0.15, 0.2) is 0 Å². The summed E-state index contributed by atoms with van der Waals surface area (Å²) in [6.07, 6.45) is 3.77. The lowest BCUT2D eigenvalue weighted by atomic mass is 9.85. The smallest absolute Gasteiger partial charge is 0.138 e. The Morgan fingerprint density at radius 1 is 1.41 bits per heavy atom. The lowest BCUT2D eigenvalue weighted by Crippen LogP contribution is -2.27. The van der Waals surface area contributed by atoms with Crippen molar-refractivity contribution in [2.75, 3.05) is 13.1 Å². The van der Waals surface area contributed by atoms with Crippen LogP contribution in [0.3, 0.4) is 0 Å². The molecule has 0 fully saturated rings. The van der Waals surface area contributed by atoms with Crippen LogP contribution in [0.4, 0.5) is 0 Å². The maximum atomic E-state index is 4.29. The lowest BCUT2D eigenvalue weighted by Gasteiger charge is -2.24. The largest absolute Gasteiger partial charge is 0.316 e. The zero-order chi connectivity index (χ0) is 12.9. The first-order valence-electron chi connectivity index (χ1n) is 6.44. The maximum absolute atomic E-state index is 4.29. The van der Waals surface area contributed by atoms with Crippen LogP contribution in [0.15, 0.2) is 6.33 Å². The van der Waals surface area contributed by atoms with Gasteiger partial charge in [-0.1, -0.05) is 27.7 Å². The van der Waals surface area contributed by atoms with Gasteiger partial charge in [-0.25, -0.2) is 4.98 Å². The molecule has 0 spiro atoms. The highest BCUT2D eigenvalue weighted by Crippen LogP contribution is 2.24. The first-order chi connectivity index (χ1) is 7.91. The molecule has 0 unspecified atom stereocenters. The second-order valence-electron chi connectivity index (χ2n) is 5.99. The van der Waals surface area contributed by atoms with E-state index in [1.54, 1.807) is 6.33 Å². The zero-order valence-corrected chi connectivity index (χ0v) is 11.8. The van der Waals surface area contributed by atoms with Crippen LogP contribution in [-0.2, 0) is 13.5 Å². The Hall–Kier alpha value is -0.900. The molecular formula is C13H26N4. The topological polar surface area (TPSA) is 42.7 Å². The average Bonchev–Trinajstić information content (AvgIpc) is 2.58. The van der Waals surface area contributed by atoms with E-state index in [9.17, 15) is 0 Å². The van der Waals surface area contributed by atoms with Gasteiger partial charge in [-0.15, -0.1) is 0 Å². The number of nitrogens with zero attached hydrogens (tertiary/aromatic N) is 3. The van der Waals surface area contributed by atoms with Gasteiger partial charge in [-0.2, -0.15) is 5.10 Å². The number of hydrogen-bond acceptors (Lipinski definition) is 3. The van der Waals surface area contributed by atoms with Crippen LogP contribution in [0.5, 0.6) is 0 Å². The van der Waals surface area contributed by atoms with Crippen molar-refractivity contribution in [1.82, 2.24) is 20.1 Å². The van der Waals surface area contributed by atoms with Gasteiger partial charge in [0.1, 0.15) is 12.2 Å². The lowest BCUT2D eigenvalue weighted by molar-refractivity contribution is 0.312. The Bertz CT molecular complexity index is 328. The predicted octanol–water partition coefficient (Wildman–Crippen LogP) is 2.02. The Labute approximate surface area is 105 Å². The van der Waals surface area contributed by atoms with Crippen LogP contribution in [0.1, 0.15) is 39.9 Å². The third kappa shape index (κ3) is 5.31. The molecule has 17 heavy (non-hydrogen) atoms. The summed E-state index contributed by atoms with van der Waals surface area (Å²) in [5, 5.41) is 7.60. The second-order valence-corrected chi connectivity index (χ2v) is 5.99. The fourth-order valence-electron chi connectivity index (χ4n) is 1.81. The Balaban J connectivity index is 2.33. The van der Waals surface area contributed by atoms with E-state index in [0.29, 0.717) is 0 Å². The summed E-state index contributed by atoms with van der Waals surface area (Å²) in [5.41, 5.74) is 0.269. The Morgan fingerprint density at radius 3 is 2.65 bits per heavy atom. The van der Waals surface area contributed by atoms with Crippen LogP contribution >= 0.6 is 0 Å². The predicted molar refractivity (Wildman–Crippen MR) is 70.8 cm³/mol. The van der Waals surface area contributed by atoms with E-state index in [2.05, 4.69) is 43.1 Å². The molecule has 0 bridgehead atoms. The molecular weight excluding hydrogens is 212 g/mol. The number of rotatable bonds is 7. The van der Waals surface area contributed by atoms with Gasteiger partial charge in [-0.05, 0) is 30.8 Å². The zero-order valence-electron chi connectivity index (χ0n) is 11.8. The van der Waals surface area contributed by atoms with E-state index >= 15 is 0 Å². The van der Waals surface area contributed by atoms with E-state index in [1.165, 1.54) is 0 Å². The Kier molecular flexibility index (Phi) is 5.12. The molecule has 1 heterocycles. The molecule has 1 rings (SSSR count). The minimum absolute atomic E-state index is 0.269. The van der Waals surface area contributed by atoms with Crippen molar-refractivity contribution in [1.29, 1.82) is 0 Å². The number of aromatic nitrogens is 3. The fourth-order valence-corrected chi connectivity index (χ4v) is 1.81. The molecule has 0 atom stereocenters. The summed E-state index contributed by atoms with van der Waals surface area (Å²) in [4.78, 5) is 4.29. The van der Waals surface area contributed by atoms with E-state index in [4.69, 9.17) is 0 Å². The SMILES string of the molecule is CC(C)CNCCC(C)(C)Cc1ncnn1C. The number of aryl methyl sites for hydroxylation is 1. The van der Waals surface area contributed by atoms with Gasteiger partial charge in [0.05, 0.1) is 0 Å². The number of hydrogen-bond donors (Lipinski definition) is 1. The summed E-state index contributed by atoms with van der Waals surface area (Å²) in [7, 11) is 1.95. The van der Waals surface area contributed by atoms with Crippen molar-refractivity contribution in [3.05, 3.63) is 12.2 Å². The molecule has 1 aromatic rings. The van der Waals surface area contributed by atoms with Crippen molar-refractivity contribution in [2.24, 2.45) is 18.4 Å². The minimum Gasteiger partial charge on any atom is -0.316 e. The van der Waals surface area contributed by atoms with Gasteiger partial charge in [0.2, 0.25) is 0 Å². The quantitative estimate of drug-likeness (QED) is 0.739. The van der Waals surface area contributed by atoms with E-state index in [0.717, 1.165) is 37.7 Å². The van der Waals surface area contributed by atoms with E-state index in [-0.39, 0.29) is 5.41 Å². The third-order valence-corrected chi connectivity index (χ3v) is 2.97. The molecule has 0 amide bonds. The highest BCUT2D eigenvalue weighted by Gasteiger charge is 2.20. The second kappa shape index (κ2) is 6.15. The monoisotopic (exact) mass is 238 g/mol. The molecule has 4 nitrogen and oxygen atoms in total. The third-order valence-electron chi connectivity index (χ3n) is 2.97. The van der Waals surface area contributed by atoms with E-state index in [1.807, 2.05) is 11.7 Å². The first-order valence-corrected chi connectivity index (χ1v) is 6.44. The molecule has 0 saturated heterocycles. The molecule has 98 valence electrons.